The lowest BCUT2D eigenvalue weighted by Crippen LogP contribution is -2.03. The van der Waals surface area contributed by atoms with Crippen LogP contribution in [0.2, 0.25) is 0 Å². The smallest absolute Gasteiger partial charge is 0.338 e. The van der Waals surface area contributed by atoms with Gasteiger partial charge in [0.1, 0.15) is 22.6 Å². The third-order valence-electron chi connectivity index (χ3n) is 3.56. The van der Waals surface area contributed by atoms with Crippen molar-refractivity contribution in [2.45, 2.75) is 13.8 Å². The van der Waals surface area contributed by atoms with Gasteiger partial charge in [-0.15, -0.1) is 11.3 Å². The van der Waals surface area contributed by atoms with Crippen LogP contribution in [0.4, 0.5) is 0 Å². The van der Waals surface area contributed by atoms with Crippen molar-refractivity contribution < 1.29 is 13.9 Å². The first-order valence-electron chi connectivity index (χ1n) is 8.02. The Bertz CT molecular complexity index is 991. The topological polar surface area (TPSA) is 76.1 Å². The van der Waals surface area contributed by atoms with Gasteiger partial charge in [0.2, 0.25) is 0 Å². The van der Waals surface area contributed by atoms with Gasteiger partial charge in [0.15, 0.2) is 0 Å². The van der Waals surface area contributed by atoms with Crippen LogP contribution in [-0.4, -0.2) is 17.6 Å². The van der Waals surface area contributed by atoms with E-state index in [0.29, 0.717) is 34.3 Å². The fraction of sp³-hybridized carbons (Fsp3) is 0.150. The molecule has 0 aliphatic rings. The third kappa shape index (κ3) is 3.90. The van der Waals surface area contributed by atoms with Gasteiger partial charge in [-0.2, -0.15) is 5.26 Å². The number of nitrogens with zero attached hydrogens (tertiary/aromatic N) is 2. The molecule has 3 aromatic rings. The molecule has 2 heterocycles. The first-order valence-corrected chi connectivity index (χ1v) is 8.90. The number of carbonyl (C=O) groups is 1. The molecule has 1 aromatic carbocycles. The van der Waals surface area contributed by atoms with Crippen LogP contribution in [0, 0.1) is 18.3 Å². The van der Waals surface area contributed by atoms with E-state index in [1.54, 1.807) is 43.3 Å². The Hall–Kier alpha value is -3.17. The molecule has 0 amide bonds. The number of ether oxygens (including phenoxy) is 1. The van der Waals surface area contributed by atoms with Gasteiger partial charge in [0, 0.05) is 22.7 Å². The van der Waals surface area contributed by atoms with Crippen molar-refractivity contribution in [3.05, 3.63) is 63.8 Å². The minimum Gasteiger partial charge on any atom is -0.462 e. The Balaban J connectivity index is 1.82. The van der Waals surface area contributed by atoms with Gasteiger partial charge in [0.25, 0.3) is 0 Å². The fourth-order valence-electron chi connectivity index (χ4n) is 2.33. The number of hydrogen-bond donors (Lipinski definition) is 0. The van der Waals surface area contributed by atoms with Crippen molar-refractivity contribution >= 4 is 29.0 Å². The molecular formula is C20H16N2O3S. The molecule has 26 heavy (non-hydrogen) atoms. The summed E-state index contributed by atoms with van der Waals surface area (Å²) < 4.78 is 10.8. The largest absolute Gasteiger partial charge is 0.462 e. The van der Waals surface area contributed by atoms with Crippen molar-refractivity contribution in [3.8, 4) is 17.4 Å². The Morgan fingerprint density at radius 1 is 1.31 bits per heavy atom. The summed E-state index contributed by atoms with van der Waals surface area (Å²) in [6.07, 6.45) is 1.68. The summed E-state index contributed by atoms with van der Waals surface area (Å²) in [6, 6.07) is 12.8. The molecule has 0 spiro atoms. The van der Waals surface area contributed by atoms with Crippen LogP contribution in [0.15, 0.2) is 46.2 Å². The Morgan fingerprint density at radius 3 is 2.69 bits per heavy atom. The van der Waals surface area contributed by atoms with Crippen LogP contribution in [0.25, 0.3) is 23.0 Å². The molecule has 0 atom stereocenters. The Morgan fingerprint density at radius 2 is 2.08 bits per heavy atom. The van der Waals surface area contributed by atoms with Crippen molar-refractivity contribution in [1.29, 1.82) is 5.26 Å². The van der Waals surface area contributed by atoms with Crippen LogP contribution < -0.4 is 0 Å². The van der Waals surface area contributed by atoms with E-state index in [-0.39, 0.29) is 5.97 Å². The summed E-state index contributed by atoms with van der Waals surface area (Å²) in [4.78, 5) is 16.0. The number of carbonyl (C=O) groups excluding carboxylic acids is 1. The highest BCUT2D eigenvalue weighted by Crippen LogP contribution is 2.26. The van der Waals surface area contributed by atoms with Crippen molar-refractivity contribution in [1.82, 2.24) is 4.98 Å². The van der Waals surface area contributed by atoms with Gasteiger partial charge in [-0.25, -0.2) is 9.78 Å². The van der Waals surface area contributed by atoms with Gasteiger partial charge in [-0.3, -0.25) is 0 Å². The molecule has 130 valence electrons. The molecule has 0 N–H and O–H groups in total. The van der Waals surface area contributed by atoms with E-state index >= 15 is 0 Å². The molecule has 5 nitrogen and oxygen atoms in total. The van der Waals surface area contributed by atoms with Gasteiger partial charge >= 0.3 is 5.97 Å². The van der Waals surface area contributed by atoms with Crippen LogP contribution >= 0.6 is 11.3 Å². The maximum atomic E-state index is 11.7. The molecular weight excluding hydrogens is 348 g/mol. The summed E-state index contributed by atoms with van der Waals surface area (Å²) in [5, 5.41) is 11.9. The summed E-state index contributed by atoms with van der Waals surface area (Å²) in [7, 11) is 0. The number of rotatable bonds is 5. The molecule has 0 aliphatic heterocycles. The molecule has 6 heteroatoms. The molecule has 0 bridgehead atoms. The van der Waals surface area contributed by atoms with Crippen LogP contribution in [0.5, 0.6) is 0 Å². The zero-order valence-corrected chi connectivity index (χ0v) is 15.2. The first-order chi connectivity index (χ1) is 12.6. The highest BCUT2D eigenvalue weighted by Gasteiger charge is 2.10. The maximum Gasteiger partial charge on any atom is 0.338 e. The minimum absolute atomic E-state index is 0.342. The van der Waals surface area contributed by atoms with Crippen molar-refractivity contribution in [2.75, 3.05) is 6.61 Å². The summed E-state index contributed by atoms with van der Waals surface area (Å²) in [5.41, 5.74) is 2.67. The Kier molecular flexibility index (Phi) is 5.30. The van der Waals surface area contributed by atoms with Crippen molar-refractivity contribution in [3.63, 3.8) is 0 Å². The van der Waals surface area contributed by atoms with Crippen molar-refractivity contribution in [2.24, 2.45) is 0 Å². The zero-order chi connectivity index (χ0) is 18.5. The average Bonchev–Trinajstić information content (AvgIpc) is 3.29. The van der Waals surface area contributed by atoms with Crippen LogP contribution in [0.1, 0.15) is 33.7 Å². The highest BCUT2D eigenvalue weighted by atomic mass is 32.1. The molecule has 0 radical (unpaired) electrons. The van der Waals surface area contributed by atoms with E-state index in [1.165, 1.54) is 11.3 Å². The second-order valence-corrected chi connectivity index (χ2v) is 6.32. The lowest BCUT2D eigenvalue weighted by Gasteiger charge is -2.02. The van der Waals surface area contributed by atoms with Gasteiger partial charge in [-0.05, 0) is 38.1 Å². The predicted molar refractivity (Wildman–Crippen MR) is 100 cm³/mol. The van der Waals surface area contributed by atoms with E-state index in [1.807, 2.05) is 18.4 Å². The fourth-order valence-corrected chi connectivity index (χ4v) is 3.10. The van der Waals surface area contributed by atoms with Crippen LogP contribution in [0.3, 0.4) is 0 Å². The molecule has 0 fully saturated rings. The van der Waals surface area contributed by atoms with E-state index in [4.69, 9.17) is 9.15 Å². The molecule has 0 unspecified atom stereocenters. The number of hydrogen-bond acceptors (Lipinski definition) is 6. The SMILES string of the molecule is CCOC(=O)c1ccc(-c2ccc(/C=C(\C#N)c3nc(C)cs3)o2)cc1. The highest BCUT2D eigenvalue weighted by molar-refractivity contribution is 7.11. The average molecular weight is 364 g/mol. The Labute approximate surface area is 155 Å². The number of esters is 1. The van der Waals surface area contributed by atoms with Crippen LogP contribution in [-0.2, 0) is 4.74 Å². The quantitative estimate of drug-likeness (QED) is 0.473. The lowest BCUT2D eigenvalue weighted by molar-refractivity contribution is 0.0526. The second kappa shape index (κ2) is 7.81. The van der Waals surface area contributed by atoms with Gasteiger partial charge in [0.05, 0.1) is 17.7 Å². The molecule has 0 aliphatic carbocycles. The number of benzene rings is 1. The summed E-state index contributed by atoms with van der Waals surface area (Å²) >= 11 is 1.43. The standard InChI is InChI=1S/C20H16N2O3S/c1-3-24-20(23)15-6-4-14(5-7-15)18-9-8-17(25-18)10-16(11-21)19-22-13(2)12-26-19/h4-10,12H,3H2,1-2H3/b16-10+. The second-order valence-electron chi connectivity index (χ2n) is 5.46. The number of aryl methyl sites for hydroxylation is 1. The number of furan rings is 1. The molecule has 3 rings (SSSR count). The minimum atomic E-state index is -0.348. The first kappa shape index (κ1) is 17.6. The monoisotopic (exact) mass is 364 g/mol. The number of nitriles is 1. The maximum absolute atomic E-state index is 11.7. The zero-order valence-electron chi connectivity index (χ0n) is 14.4. The lowest BCUT2D eigenvalue weighted by atomic mass is 10.1. The van der Waals surface area contributed by atoms with Gasteiger partial charge in [-0.1, -0.05) is 12.1 Å². The number of allylic oxidation sites excluding steroid dienone is 1. The molecule has 0 saturated heterocycles. The third-order valence-corrected chi connectivity index (χ3v) is 4.56. The van der Waals surface area contributed by atoms with E-state index in [0.717, 1.165) is 11.3 Å². The summed E-state index contributed by atoms with van der Waals surface area (Å²) in [5.74, 6) is 0.873. The van der Waals surface area contributed by atoms with E-state index in [9.17, 15) is 10.1 Å². The predicted octanol–water partition coefficient (Wildman–Crippen LogP) is 4.95. The number of thiazole rings is 1. The summed E-state index contributed by atoms with van der Waals surface area (Å²) in [6.45, 7) is 4.00. The molecule has 0 saturated carbocycles. The molecule has 2 aromatic heterocycles. The van der Waals surface area contributed by atoms with Gasteiger partial charge < -0.3 is 9.15 Å². The van der Waals surface area contributed by atoms with E-state index in [2.05, 4.69) is 11.1 Å². The number of aromatic nitrogens is 1. The normalized spacial score (nSPS) is 11.2. The van der Waals surface area contributed by atoms with E-state index < -0.39 is 0 Å².